The molecule has 1 fully saturated rings. The first-order valence-corrected chi connectivity index (χ1v) is 5.21. The van der Waals surface area contributed by atoms with Crippen LogP contribution in [0.3, 0.4) is 0 Å². The van der Waals surface area contributed by atoms with Gasteiger partial charge in [0, 0.05) is 0 Å². The Kier molecular flexibility index (Phi) is 2.77. The molecule has 0 aromatic carbocycles. The number of nitrogens with one attached hydrogen (secondary N) is 1. The van der Waals surface area contributed by atoms with Crippen molar-refractivity contribution >= 4 is 5.91 Å². The molecule has 0 unspecified atom stereocenters. The molecule has 1 aliphatic rings. The molecule has 0 atom stereocenters. The Bertz CT molecular complexity index is 326. The van der Waals surface area contributed by atoms with Gasteiger partial charge in [-0.05, 0) is 18.9 Å². The van der Waals surface area contributed by atoms with E-state index in [0.29, 0.717) is 5.56 Å². The molecule has 0 aliphatic heterocycles. The van der Waals surface area contributed by atoms with Crippen molar-refractivity contribution in [1.29, 1.82) is 0 Å². The molecule has 2 rings (SSSR count). The monoisotopic (exact) mass is 209 g/mol. The third-order valence-electron chi connectivity index (χ3n) is 3.03. The van der Waals surface area contributed by atoms with Crippen molar-refractivity contribution in [1.82, 2.24) is 5.32 Å². The highest BCUT2D eigenvalue weighted by Crippen LogP contribution is 2.29. The molecule has 0 radical (unpaired) electrons. The van der Waals surface area contributed by atoms with Gasteiger partial charge < -0.3 is 14.8 Å². The van der Waals surface area contributed by atoms with Crippen molar-refractivity contribution in [2.45, 2.75) is 31.2 Å². The van der Waals surface area contributed by atoms with Gasteiger partial charge in [-0.3, -0.25) is 4.79 Å². The molecule has 4 heteroatoms. The van der Waals surface area contributed by atoms with Crippen molar-refractivity contribution in [2.75, 3.05) is 6.61 Å². The normalized spacial score (nSPS) is 19.0. The van der Waals surface area contributed by atoms with Gasteiger partial charge in [-0.2, -0.15) is 0 Å². The molecule has 1 aromatic rings. The van der Waals surface area contributed by atoms with E-state index >= 15 is 0 Å². The molecule has 1 saturated carbocycles. The molecule has 1 aromatic heterocycles. The fourth-order valence-corrected chi connectivity index (χ4v) is 2.08. The van der Waals surface area contributed by atoms with E-state index in [1.54, 1.807) is 6.07 Å². The molecule has 0 saturated heterocycles. The quantitative estimate of drug-likeness (QED) is 0.789. The van der Waals surface area contributed by atoms with Crippen molar-refractivity contribution in [3.63, 3.8) is 0 Å². The maximum atomic E-state index is 11.7. The van der Waals surface area contributed by atoms with Crippen LogP contribution in [-0.4, -0.2) is 23.2 Å². The Hall–Kier alpha value is -1.29. The van der Waals surface area contributed by atoms with E-state index in [9.17, 15) is 9.90 Å². The summed E-state index contributed by atoms with van der Waals surface area (Å²) in [6.45, 7) is 0.0105. The minimum Gasteiger partial charge on any atom is -0.472 e. The lowest BCUT2D eigenvalue weighted by molar-refractivity contribution is 0.0838. The fraction of sp³-hybridized carbons (Fsp3) is 0.545. The zero-order valence-electron chi connectivity index (χ0n) is 8.53. The summed E-state index contributed by atoms with van der Waals surface area (Å²) in [5.41, 5.74) is 0.101. The summed E-state index contributed by atoms with van der Waals surface area (Å²) in [5.74, 6) is -0.167. The standard InChI is InChI=1S/C11H15NO3/c13-8-11(4-1-2-5-11)12-10(14)9-3-6-15-7-9/h3,6-7,13H,1-2,4-5,8H2,(H,12,14). The SMILES string of the molecule is O=C(NC1(CO)CCCC1)c1ccoc1. The van der Waals surface area contributed by atoms with E-state index in [1.807, 2.05) is 0 Å². The topological polar surface area (TPSA) is 62.5 Å². The van der Waals surface area contributed by atoms with Gasteiger partial charge in [-0.1, -0.05) is 12.8 Å². The molecule has 82 valence electrons. The van der Waals surface area contributed by atoms with Crippen LogP contribution < -0.4 is 5.32 Å². The van der Waals surface area contributed by atoms with Crippen molar-refractivity contribution < 1.29 is 14.3 Å². The lowest BCUT2D eigenvalue weighted by Crippen LogP contribution is -2.49. The third kappa shape index (κ3) is 2.04. The van der Waals surface area contributed by atoms with Crippen molar-refractivity contribution in [2.24, 2.45) is 0 Å². The Morgan fingerprint density at radius 2 is 2.27 bits per heavy atom. The van der Waals surface area contributed by atoms with Gasteiger partial charge in [0.2, 0.25) is 0 Å². The van der Waals surface area contributed by atoms with Gasteiger partial charge in [-0.25, -0.2) is 0 Å². The average Bonchev–Trinajstić information content (AvgIpc) is 2.88. The summed E-state index contributed by atoms with van der Waals surface area (Å²) in [7, 11) is 0. The second-order valence-electron chi connectivity index (χ2n) is 4.11. The molecule has 15 heavy (non-hydrogen) atoms. The van der Waals surface area contributed by atoms with Crippen LogP contribution in [0.1, 0.15) is 36.0 Å². The number of rotatable bonds is 3. The van der Waals surface area contributed by atoms with E-state index in [1.165, 1.54) is 12.5 Å². The number of aliphatic hydroxyl groups is 1. The summed E-state index contributed by atoms with van der Waals surface area (Å²) in [4.78, 5) is 11.7. The average molecular weight is 209 g/mol. The third-order valence-corrected chi connectivity index (χ3v) is 3.03. The van der Waals surface area contributed by atoms with Gasteiger partial charge in [0.15, 0.2) is 0 Å². The summed E-state index contributed by atoms with van der Waals surface area (Å²) < 4.78 is 4.84. The van der Waals surface area contributed by atoms with E-state index in [2.05, 4.69) is 5.32 Å². The highest BCUT2D eigenvalue weighted by Gasteiger charge is 2.34. The van der Waals surface area contributed by atoms with Gasteiger partial charge in [-0.15, -0.1) is 0 Å². The zero-order valence-corrected chi connectivity index (χ0v) is 8.53. The first-order valence-electron chi connectivity index (χ1n) is 5.21. The minimum atomic E-state index is -0.408. The number of aliphatic hydroxyl groups excluding tert-OH is 1. The molecule has 0 spiro atoms. The summed E-state index contributed by atoms with van der Waals surface area (Å²) >= 11 is 0. The molecular formula is C11H15NO3. The number of amides is 1. The van der Waals surface area contributed by atoms with E-state index in [0.717, 1.165) is 25.7 Å². The Morgan fingerprint density at radius 1 is 1.53 bits per heavy atom. The fourth-order valence-electron chi connectivity index (χ4n) is 2.08. The second-order valence-corrected chi connectivity index (χ2v) is 4.11. The number of carbonyl (C=O) groups is 1. The summed E-state index contributed by atoms with van der Waals surface area (Å²) in [6, 6.07) is 1.62. The van der Waals surface area contributed by atoms with Crippen LogP contribution >= 0.6 is 0 Å². The lowest BCUT2D eigenvalue weighted by atomic mass is 9.98. The van der Waals surface area contributed by atoms with E-state index < -0.39 is 5.54 Å². The highest BCUT2D eigenvalue weighted by molar-refractivity contribution is 5.94. The second kappa shape index (κ2) is 4.06. The van der Waals surface area contributed by atoms with Crippen LogP contribution in [0.5, 0.6) is 0 Å². The summed E-state index contributed by atoms with van der Waals surface area (Å²) in [6.07, 6.45) is 6.71. The molecule has 1 amide bonds. The van der Waals surface area contributed by atoms with Crippen LogP contribution in [0.15, 0.2) is 23.0 Å². The summed E-state index contributed by atoms with van der Waals surface area (Å²) in [5, 5.41) is 12.2. The van der Waals surface area contributed by atoms with Gasteiger partial charge >= 0.3 is 0 Å². The largest absolute Gasteiger partial charge is 0.472 e. The van der Waals surface area contributed by atoms with Crippen molar-refractivity contribution in [3.05, 3.63) is 24.2 Å². The van der Waals surface area contributed by atoms with Crippen LogP contribution in [0.4, 0.5) is 0 Å². The Morgan fingerprint density at radius 3 is 2.80 bits per heavy atom. The maximum absolute atomic E-state index is 11.7. The zero-order chi connectivity index (χ0) is 10.7. The van der Waals surface area contributed by atoms with Gasteiger partial charge in [0.1, 0.15) is 6.26 Å². The first-order chi connectivity index (χ1) is 7.26. The smallest absolute Gasteiger partial charge is 0.255 e. The van der Waals surface area contributed by atoms with Crippen LogP contribution in [-0.2, 0) is 0 Å². The predicted octanol–water partition coefficient (Wildman–Crippen LogP) is 1.31. The number of furan rings is 1. The number of hydrogen-bond acceptors (Lipinski definition) is 3. The van der Waals surface area contributed by atoms with Gasteiger partial charge in [0.05, 0.1) is 24.0 Å². The van der Waals surface area contributed by atoms with E-state index in [4.69, 9.17) is 4.42 Å². The van der Waals surface area contributed by atoms with Crippen LogP contribution in [0.25, 0.3) is 0 Å². The Labute approximate surface area is 88.3 Å². The molecule has 0 bridgehead atoms. The van der Waals surface area contributed by atoms with E-state index in [-0.39, 0.29) is 12.5 Å². The number of carbonyl (C=O) groups excluding carboxylic acids is 1. The predicted molar refractivity (Wildman–Crippen MR) is 54.5 cm³/mol. The lowest BCUT2D eigenvalue weighted by Gasteiger charge is -2.27. The maximum Gasteiger partial charge on any atom is 0.255 e. The molecular weight excluding hydrogens is 194 g/mol. The Balaban J connectivity index is 2.04. The van der Waals surface area contributed by atoms with Crippen molar-refractivity contribution in [3.8, 4) is 0 Å². The number of hydrogen-bond donors (Lipinski definition) is 2. The molecule has 1 aliphatic carbocycles. The molecule has 2 N–H and O–H groups in total. The minimum absolute atomic E-state index is 0.0105. The van der Waals surface area contributed by atoms with Crippen LogP contribution in [0.2, 0.25) is 0 Å². The van der Waals surface area contributed by atoms with Gasteiger partial charge in [0.25, 0.3) is 5.91 Å². The first kappa shape index (κ1) is 10.2. The van der Waals surface area contributed by atoms with Crippen LogP contribution in [0, 0.1) is 0 Å². The highest BCUT2D eigenvalue weighted by atomic mass is 16.3. The molecule has 4 nitrogen and oxygen atoms in total. The molecule has 1 heterocycles.